The van der Waals surface area contributed by atoms with Gasteiger partial charge in [0.05, 0.1) is 7.11 Å². The van der Waals surface area contributed by atoms with E-state index in [1.165, 1.54) is 7.11 Å². The van der Waals surface area contributed by atoms with E-state index in [1.54, 1.807) is 22.6 Å². The van der Waals surface area contributed by atoms with E-state index in [1.807, 2.05) is 31.2 Å². The predicted molar refractivity (Wildman–Crippen MR) is 79.8 cm³/mol. The van der Waals surface area contributed by atoms with Gasteiger partial charge in [0.2, 0.25) is 0 Å². The van der Waals surface area contributed by atoms with Crippen molar-refractivity contribution in [3.05, 3.63) is 59.5 Å². The highest BCUT2D eigenvalue weighted by atomic mass is 16.5. The molecule has 112 valence electrons. The zero-order valence-corrected chi connectivity index (χ0v) is 12.3. The van der Waals surface area contributed by atoms with Crippen molar-refractivity contribution in [1.82, 2.24) is 14.6 Å². The van der Waals surface area contributed by atoms with Gasteiger partial charge in [0, 0.05) is 0 Å². The van der Waals surface area contributed by atoms with Gasteiger partial charge in [0.1, 0.15) is 18.1 Å². The minimum absolute atomic E-state index is 0.207. The fraction of sp³-hybridized carbons (Fsp3) is 0.188. The minimum Gasteiger partial charge on any atom is -0.486 e. The number of hydrogen-bond acceptors (Lipinski definition) is 5. The molecule has 0 aliphatic carbocycles. The van der Waals surface area contributed by atoms with E-state index in [4.69, 9.17) is 9.47 Å². The normalized spacial score (nSPS) is 10.6. The Morgan fingerprint density at radius 1 is 1.18 bits per heavy atom. The summed E-state index contributed by atoms with van der Waals surface area (Å²) in [6.45, 7) is 2.20. The van der Waals surface area contributed by atoms with E-state index in [2.05, 4.69) is 10.2 Å². The molecule has 0 unspecified atom stereocenters. The van der Waals surface area contributed by atoms with Crippen molar-refractivity contribution < 1.29 is 14.3 Å². The summed E-state index contributed by atoms with van der Waals surface area (Å²) in [5.41, 5.74) is 2.05. The summed E-state index contributed by atoms with van der Waals surface area (Å²) in [5.74, 6) is 0.840. The van der Waals surface area contributed by atoms with Gasteiger partial charge in [-0.05, 0) is 36.8 Å². The van der Waals surface area contributed by atoms with Crippen LogP contribution in [0.2, 0.25) is 0 Å². The molecule has 0 spiro atoms. The molecule has 0 aliphatic heterocycles. The summed E-state index contributed by atoms with van der Waals surface area (Å²) in [4.78, 5) is 11.9. The number of aromatic nitrogens is 3. The van der Waals surface area contributed by atoms with Crippen molar-refractivity contribution in [2.24, 2.45) is 0 Å². The summed E-state index contributed by atoms with van der Waals surface area (Å²) in [7, 11) is 1.34. The second-order valence-corrected chi connectivity index (χ2v) is 4.82. The van der Waals surface area contributed by atoms with Crippen molar-refractivity contribution in [2.45, 2.75) is 13.5 Å². The number of pyridine rings is 1. The van der Waals surface area contributed by atoms with E-state index >= 15 is 0 Å². The summed E-state index contributed by atoms with van der Waals surface area (Å²) < 4.78 is 12.2. The highest BCUT2D eigenvalue weighted by molar-refractivity contribution is 5.88. The molecule has 6 heteroatoms. The van der Waals surface area contributed by atoms with Gasteiger partial charge in [-0.1, -0.05) is 18.2 Å². The number of rotatable bonds is 4. The number of fused-ring (bicyclic) bond motifs is 1. The van der Waals surface area contributed by atoms with Crippen LogP contribution >= 0.6 is 0 Å². The van der Waals surface area contributed by atoms with Crippen LogP contribution in [0, 0.1) is 6.92 Å². The maximum Gasteiger partial charge on any atom is 0.355 e. The second kappa shape index (κ2) is 5.85. The fourth-order valence-electron chi connectivity index (χ4n) is 2.21. The van der Waals surface area contributed by atoms with Crippen molar-refractivity contribution >= 4 is 11.6 Å². The zero-order valence-electron chi connectivity index (χ0n) is 12.3. The Morgan fingerprint density at radius 3 is 2.77 bits per heavy atom. The van der Waals surface area contributed by atoms with Crippen LogP contribution in [-0.4, -0.2) is 27.7 Å². The average Bonchev–Trinajstić information content (AvgIpc) is 2.95. The number of benzene rings is 1. The number of methoxy groups -OCH3 is 1. The summed E-state index contributed by atoms with van der Waals surface area (Å²) >= 11 is 0. The highest BCUT2D eigenvalue weighted by Gasteiger charge is 2.15. The molecule has 0 atom stereocenters. The number of aryl methyl sites for hydroxylation is 1. The molecular formula is C16H15N3O3. The molecule has 3 rings (SSSR count). The first-order chi connectivity index (χ1) is 10.7. The number of hydrogen-bond donors (Lipinski definition) is 0. The first-order valence-electron chi connectivity index (χ1n) is 6.80. The van der Waals surface area contributed by atoms with Crippen LogP contribution in [0.3, 0.4) is 0 Å². The van der Waals surface area contributed by atoms with E-state index in [0.29, 0.717) is 17.2 Å². The van der Waals surface area contributed by atoms with Crippen LogP contribution in [0.4, 0.5) is 0 Å². The van der Waals surface area contributed by atoms with Gasteiger partial charge in [-0.2, -0.15) is 0 Å². The molecule has 0 N–H and O–H groups in total. The van der Waals surface area contributed by atoms with Crippen molar-refractivity contribution in [1.29, 1.82) is 0 Å². The molecule has 2 heterocycles. The standard InChI is InChI=1S/C16H15N3O3/c1-11-5-3-6-12(9-11)22-10-15-18-17-14-8-4-7-13(19(14)15)16(20)21-2/h3-9H,10H2,1-2H3. The quantitative estimate of drug-likeness (QED) is 0.692. The number of carbonyl (C=O) groups excluding carboxylic acids is 1. The third kappa shape index (κ3) is 2.63. The van der Waals surface area contributed by atoms with Gasteiger partial charge in [0.15, 0.2) is 11.5 Å². The predicted octanol–water partition coefficient (Wildman–Crippen LogP) is 2.40. The van der Waals surface area contributed by atoms with E-state index in [0.717, 1.165) is 11.3 Å². The highest BCUT2D eigenvalue weighted by Crippen LogP contribution is 2.15. The van der Waals surface area contributed by atoms with E-state index in [-0.39, 0.29) is 6.61 Å². The maximum atomic E-state index is 11.9. The Morgan fingerprint density at radius 2 is 2.00 bits per heavy atom. The molecule has 0 saturated heterocycles. The molecule has 0 radical (unpaired) electrons. The minimum atomic E-state index is -0.442. The van der Waals surface area contributed by atoms with Crippen LogP contribution in [0.25, 0.3) is 5.65 Å². The van der Waals surface area contributed by atoms with E-state index < -0.39 is 5.97 Å². The SMILES string of the molecule is COC(=O)c1cccc2nnc(COc3cccc(C)c3)n12. The smallest absolute Gasteiger partial charge is 0.355 e. The van der Waals surface area contributed by atoms with Gasteiger partial charge in [-0.3, -0.25) is 4.40 Å². The first-order valence-corrected chi connectivity index (χ1v) is 6.80. The lowest BCUT2D eigenvalue weighted by Crippen LogP contribution is -2.11. The third-order valence-electron chi connectivity index (χ3n) is 3.25. The van der Waals surface area contributed by atoms with Crippen LogP contribution in [0.1, 0.15) is 21.9 Å². The lowest BCUT2D eigenvalue weighted by molar-refractivity contribution is 0.0591. The Bertz CT molecular complexity index is 826. The van der Waals surface area contributed by atoms with Crippen molar-refractivity contribution in [2.75, 3.05) is 7.11 Å². The van der Waals surface area contributed by atoms with Gasteiger partial charge < -0.3 is 9.47 Å². The summed E-state index contributed by atoms with van der Waals surface area (Å²) in [6.07, 6.45) is 0. The fourth-order valence-corrected chi connectivity index (χ4v) is 2.21. The molecule has 0 bridgehead atoms. The van der Waals surface area contributed by atoms with Crippen LogP contribution in [0.5, 0.6) is 5.75 Å². The Hall–Kier alpha value is -2.89. The lowest BCUT2D eigenvalue weighted by Gasteiger charge is -2.08. The molecular weight excluding hydrogens is 282 g/mol. The molecule has 0 amide bonds. The van der Waals surface area contributed by atoms with Crippen LogP contribution in [0.15, 0.2) is 42.5 Å². The first kappa shape index (κ1) is 14.1. The largest absolute Gasteiger partial charge is 0.486 e. The Kier molecular flexibility index (Phi) is 3.74. The van der Waals surface area contributed by atoms with Gasteiger partial charge >= 0.3 is 5.97 Å². The molecule has 0 saturated carbocycles. The molecule has 3 aromatic rings. The Balaban J connectivity index is 1.92. The van der Waals surface area contributed by atoms with E-state index in [9.17, 15) is 4.79 Å². The number of ether oxygens (including phenoxy) is 2. The van der Waals surface area contributed by atoms with Gasteiger partial charge in [0.25, 0.3) is 0 Å². The van der Waals surface area contributed by atoms with Gasteiger partial charge in [-0.25, -0.2) is 4.79 Å². The molecule has 0 fully saturated rings. The summed E-state index contributed by atoms with van der Waals surface area (Å²) in [5, 5.41) is 8.14. The molecule has 1 aromatic carbocycles. The number of esters is 1. The average molecular weight is 297 g/mol. The number of carbonyl (C=O) groups is 1. The summed E-state index contributed by atoms with van der Waals surface area (Å²) in [6, 6.07) is 12.9. The van der Waals surface area contributed by atoms with Crippen LogP contribution in [-0.2, 0) is 11.3 Å². The van der Waals surface area contributed by atoms with Gasteiger partial charge in [-0.15, -0.1) is 10.2 Å². The molecule has 0 aliphatic rings. The lowest BCUT2D eigenvalue weighted by atomic mass is 10.2. The monoisotopic (exact) mass is 297 g/mol. The third-order valence-corrected chi connectivity index (χ3v) is 3.25. The molecule has 6 nitrogen and oxygen atoms in total. The maximum absolute atomic E-state index is 11.9. The molecule has 22 heavy (non-hydrogen) atoms. The van der Waals surface area contributed by atoms with Crippen LogP contribution < -0.4 is 4.74 Å². The molecule has 2 aromatic heterocycles. The van der Waals surface area contributed by atoms with Crippen molar-refractivity contribution in [3.63, 3.8) is 0 Å². The second-order valence-electron chi connectivity index (χ2n) is 4.82. The van der Waals surface area contributed by atoms with Crippen molar-refractivity contribution in [3.8, 4) is 5.75 Å². The zero-order chi connectivity index (χ0) is 15.5. The topological polar surface area (TPSA) is 65.7 Å². The Labute approximate surface area is 127 Å². The number of nitrogens with zero attached hydrogens (tertiary/aromatic N) is 3.